The Morgan fingerprint density at radius 3 is 3.05 bits per heavy atom. The lowest BCUT2D eigenvalue weighted by Gasteiger charge is -2.35. The molecule has 1 aliphatic rings. The average Bonchev–Trinajstić information content (AvgIpc) is 2.46. The van der Waals surface area contributed by atoms with E-state index >= 15 is 0 Å². The van der Waals surface area contributed by atoms with Gasteiger partial charge in [0.25, 0.3) is 0 Å². The topological polar surface area (TPSA) is 29.5 Å². The Kier molecular flexibility index (Phi) is 4.39. The largest absolute Gasteiger partial charge is 0.453 e. The van der Waals surface area contributed by atoms with Gasteiger partial charge in [0, 0.05) is 6.54 Å². The standard InChI is InChI=1S/C16H19NO2/c1-3-4-5-10-15-14-9-7-6-8-13(14)11-12-17(15)16(18)19-2/h3-9,15H,1,10-12H2,2H3/b5-4+. The summed E-state index contributed by atoms with van der Waals surface area (Å²) >= 11 is 0. The second kappa shape index (κ2) is 6.23. The van der Waals surface area contributed by atoms with Crippen molar-refractivity contribution >= 4 is 6.09 Å². The summed E-state index contributed by atoms with van der Waals surface area (Å²) in [5, 5.41) is 0. The van der Waals surface area contributed by atoms with Crippen LogP contribution in [0.5, 0.6) is 0 Å². The number of fused-ring (bicyclic) bond motifs is 1. The Labute approximate surface area is 114 Å². The summed E-state index contributed by atoms with van der Waals surface area (Å²) in [5.41, 5.74) is 2.53. The number of rotatable bonds is 3. The molecule has 19 heavy (non-hydrogen) atoms. The molecular formula is C16H19NO2. The molecule has 100 valence electrons. The highest BCUT2D eigenvalue weighted by molar-refractivity contribution is 5.69. The first-order valence-corrected chi connectivity index (χ1v) is 6.48. The zero-order valence-electron chi connectivity index (χ0n) is 11.2. The Balaban J connectivity index is 2.30. The molecule has 0 aliphatic carbocycles. The van der Waals surface area contributed by atoms with Crippen molar-refractivity contribution in [2.24, 2.45) is 0 Å². The van der Waals surface area contributed by atoms with E-state index in [1.54, 1.807) is 11.0 Å². The number of benzene rings is 1. The molecule has 0 fully saturated rings. The van der Waals surface area contributed by atoms with Crippen LogP contribution >= 0.6 is 0 Å². The molecular weight excluding hydrogens is 238 g/mol. The van der Waals surface area contributed by atoms with E-state index < -0.39 is 0 Å². The van der Waals surface area contributed by atoms with E-state index in [0.29, 0.717) is 6.54 Å². The fourth-order valence-electron chi connectivity index (χ4n) is 2.55. The molecule has 1 heterocycles. The first kappa shape index (κ1) is 13.4. The number of amides is 1. The van der Waals surface area contributed by atoms with Crippen LogP contribution in [0.15, 0.2) is 49.1 Å². The number of carbonyl (C=O) groups excluding carboxylic acids is 1. The van der Waals surface area contributed by atoms with Crippen molar-refractivity contribution in [2.75, 3.05) is 13.7 Å². The van der Waals surface area contributed by atoms with Crippen LogP contribution in [0.2, 0.25) is 0 Å². The van der Waals surface area contributed by atoms with Crippen molar-refractivity contribution in [2.45, 2.75) is 18.9 Å². The molecule has 0 saturated carbocycles. The van der Waals surface area contributed by atoms with Gasteiger partial charge < -0.3 is 9.64 Å². The van der Waals surface area contributed by atoms with Crippen molar-refractivity contribution in [3.63, 3.8) is 0 Å². The normalized spacial score (nSPS) is 18.2. The second-order valence-corrected chi connectivity index (χ2v) is 4.53. The van der Waals surface area contributed by atoms with E-state index in [2.05, 4.69) is 18.7 Å². The van der Waals surface area contributed by atoms with Crippen LogP contribution in [0.3, 0.4) is 0 Å². The van der Waals surface area contributed by atoms with Crippen LogP contribution < -0.4 is 0 Å². The van der Waals surface area contributed by atoms with Gasteiger partial charge in [-0.25, -0.2) is 4.79 Å². The summed E-state index contributed by atoms with van der Waals surface area (Å²) in [4.78, 5) is 13.7. The fourth-order valence-corrected chi connectivity index (χ4v) is 2.55. The Bertz CT molecular complexity index is 493. The smallest absolute Gasteiger partial charge is 0.410 e. The maximum Gasteiger partial charge on any atom is 0.410 e. The molecule has 1 aliphatic heterocycles. The van der Waals surface area contributed by atoms with Crippen molar-refractivity contribution in [3.8, 4) is 0 Å². The van der Waals surface area contributed by atoms with Gasteiger partial charge in [-0.15, -0.1) is 0 Å². The fraction of sp³-hybridized carbons (Fsp3) is 0.312. The maximum absolute atomic E-state index is 11.9. The van der Waals surface area contributed by atoms with Gasteiger partial charge in [0.15, 0.2) is 0 Å². The quantitative estimate of drug-likeness (QED) is 0.776. The van der Waals surface area contributed by atoms with Gasteiger partial charge in [-0.3, -0.25) is 0 Å². The highest BCUT2D eigenvalue weighted by Crippen LogP contribution is 2.32. The number of methoxy groups -OCH3 is 1. The van der Waals surface area contributed by atoms with Gasteiger partial charge in [0.05, 0.1) is 13.2 Å². The number of allylic oxidation sites excluding steroid dienone is 2. The van der Waals surface area contributed by atoms with Gasteiger partial charge in [-0.2, -0.15) is 0 Å². The zero-order valence-corrected chi connectivity index (χ0v) is 11.2. The minimum atomic E-state index is -0.258. The van der Waals surface area contributed by atoms with Crippen LogP contribution in [0, 0.1) is 0 Å². The zero-order chi connectivity index (χ0) is 13.7. The SMILES string of the molecule is C=C/C=C/CC1c2ccccc2CCN1C(=O)OC. The highest BCUT2D eigenvalue weighted by atomic mass is 16.5. The molecule has 0 aromatic heterocycles. The third-order valence-corrected chi connectivity index (χ3v) is 3.45. The number of ether oxygens (including phenoxy) is 1. The molecule has 1 amide bonds. The van der Waals surface area contributed by atoms with Crippen LogP contribution in [0.4, 0.5) is 4.79 Å². The Hall–Kier alpha value is -2.03. The third-order valence-electron chi connectivity index (χ3n) is 3.45. The van der Waals surface area contributed by atoms with Crippen molar-refractivity contribution in [1.82, 2.24) is 4.90 Å². The molecule has 1 aromatic carbocycles. The predicted molar refractivity (Wildman–Crippen MR) is 76.0 cm³/mol. The van der Waals surface area contributed by atoms with E-state index in [4.69, 9.17) is 4.74 Å². The molecule has 3 nitrogen and oxygen atoms in total. The lowest BCUT2D eigenvalue weighted by Crippen LogP contribution is -2.39. The predicted octanol–water partition coefficient (Wildman–Crippen LogP) is 3.48. The van der Waals surface area contributed by atoms with Gasteiger partial charge in [0.1, 0.15) is 0 Å². The van der Waals surface area contributed by atoms with Crippen molar-refractivity contribution in [3.05, 3.63) is 60.2 Å². The van der Waals surface area contributed by atoms with E-state index in [1.807, 2.05) is 24.3 Å². The molecule has 1 unspecified atom stereocenters. The summed E-state index contributed by atoms with van der Waals surface area (Å²) in [6.45, 7) is 4.37. The average molecular weight is 257 g/mol. The Morgan fingerprint density at radius 1 is 1.53 bits per heavy atom. The highest BCUT2D eigenvalue weighted by Gasteiger charge is 2.30. The van der Waals surface area contributed by atoms with Gasteiger partial charge in [-0.05, 0) is 24.0 Å². The summed E-state index contributed by atoms with van der Waals surface area (Å²) in [6.07, 6.45) is 7.09. The summed E-state index contributed by atoms with van der Waals surface area (Å²) in [7, 11) is 1.43. The monoisotopic (exact) mass is 257 g/mol. The molecule has 0 saturated heterocycles. The van der Waals surface area contributed by atoms with E-state index in [1.165, 1.54) is 18.2 Å². The number of carbonyl (C=O) groups is 1. The van der Waals surface area contributed by atoms with E-state index in [9.17, 15) is 4.79 Å². The lowest BCUT2D eigenvalue weighted by molar-refractivity contribution is 0.101. The molecule has 0 radical (unpaired) electrons. The molecule has 0 bridgehead atoms. The van der Waals surface area contributed by atoms with E-state index in [-0.39, 0.29) is 12.1 Å². The Morgan fingerprint density at radius 2 is 2.32 bits per heavy atom. The van der Waals surface area contributed by atoms with Crippen molar-refractivity contribution in [1.29, 1.82) is 0 Å². The minimum absolute atomic E-state index is 0.0496. The molecule has 0 spiro atoms. The molecule has 2 rings (SSSR count). The second-order valence-electron chi connectivity index (χ2n) is 4.53. The first-order valence-electron chi connectivity index (χ1n) is 6.48. The third kappa shape index (κ3) is 2.87. The molecule has 0 N–H and O–H groups in total. The minimum Gasteiger partial charge on any atom is -0.453 e. The summed E-state index contributed by atoms with van der Waals surface area (Å²) in [5.74, 6) is 0. The molecule has 1 aromatic rings. The van der Waals surface area contributed by atoms with Gasteiger partial charge in [0.2, 0.25) is 0 Å². The van der Waals surface area contributed by atoms with Crippen LogP contribution in [-0.4, -0.2) is 24.6 Å². The first-order chi connectivity index (χ1) is 9.27. The maximum atomic E-state index is 11.9. The summed E-state index contributed by atoms with van der Waals surface area (Å²) < 4.78 is 4.88. The number of hydrogen-bond donors (Lipinski definition) is 0. The van der Waals surface area contributed by atoms with Crippen molar-refractivity contribution < 1.29 is 9.53 Å². The van der Waals surface area contributed by atoms with Crippen LogP contribution in [-0.2, 0) is 11.2 Å². The summed E-state index contributed by atoms with van der Waals surface area (Å²) in [6, 6.07) is 8.34. The number of nitrogens with zero attached hydrogens (tertiary/aromatic N) is 1. The lowest BCUT2D eigenvalue weighted by atomic mass is 9.91. The van der Waals surface area contributed by atoms with Crippen LogP contribution in [0.1, 0.15) is 23.6 Å². The van der Waals surface area contributed by atoms with Gasteiger partial charge >= 0.3 is 6.09 Å². The van der Waals surface area contributed by atoms with E-state index in [0.717, 1.165) is 12.8 Å². The molecule has 1 atom stereocenters. The van der Waals surface area contributed by atoms with Gasteiger partial charge in [-0.1, -0.05) is 49.1 Å². The van der Waals surface area contributed by atoms with Crippen LogP contribution in [0.25, 0.3) is 0 Å². The molecule has 3 heteroatoms. The number of hydrogen-bond acceptors (Lipinski definition) is 2.